The van der Waals surface area contributed by atoms with E-state index >= 15 is 0 Å². The van der Waals surface area contributed by atoms with E-state index in [0.29, 0.717) is 37.1 Å². The second-order valence-electron chi connectivity index (χ2n) is 11.8. The monoisotopic (exact) mass is 601 g/mol. The van der Waals surface area contributed by atoms with Crippen LogP contribution in [0.5, 0.6) is 5.75 Å². The van der Waals surface area contributed by atoms with E-state index in [9.17, 15) is 4.79 Å². The van der Waals surface area contributed by atoms with Crippen molar-refractivity contribution < 1.29 is 19.0 Å². The van der Waals surface area contributed by atoms with Crippen LogP contribution in [0.25, 0.3) is 0 Å². The SMILES string of the molecule is COc1ccc(COCc2cc([C@H](CCc3cn(C4CCC4)nn3)C(C)(C)C(=O)OCc3ccccc3)ccc2Cl)cc1. The third-order valence-electron chi connectivity index (χ3n) is 8.46. The number of methoxy groups -OCH3 is 1. The molecule has 226 valence electrons. The zero-order chi connectivity index (χ0) is 30.2. The van der Waals surface area contributed by atoms with Crippen LogP contribution in [0.3, 0.4) is 0 Å². The smallest absolute Gasteiger partial charge is 0.312 e. The number of esters is 1. The number of aryl methyl sites for hydroxylation is 1. The quantitative estimate of drug-likeness (QED) is 0.137. The van der Waals surface area contributed by atoms with Crippen molar-refractivity contribution in [2.45, 2.75) is 77.7 Å². The molecule has 43 heavy (non-hydrogen) atoms. The molecule has 0 unspecified atom stereocenters. The highest BCUT2D eigenvalue weighted by Crippen LogP contribution is 2.41. The minimum Gasteiger partial charge on any atom is -0.497 e. The van der Waals surface area contributed by atoms with Gasteiger partial charge in [0.15, 0.2) is 0 Å². The molecule has 4 aromatic rings. The van der Waals surface area contributed by atoms with E-state index in [4.69, 9.17) is 25.8 Å². The van der Waals surface area contributed by atoms with Gasteiger partial charge in [-0.2, -0.15) is 0 Å². The maximum Gasteiger partial charge on any atom is 0.312 e. The van der Waals surface area contributed by atoms with Crippen LogP contribution in [0.1, 0.15) is 79.4 Å². The summed E-state index contributed by atoms with van der Waals surface area (Å²) in [4.78, 5) is 13.6. The van der Waals surface area contributed by atoms with E-state index in [2.05, 4.69) is 22.6 Å². The molecule has 1 saturated carbocycles. The van der Waals surface area contributed by atoms with Crippen LogP contribution in [0.2, 0.25) is 5.02 Å². The molecule has 0 N–H and O–H groups in total. The molecule has 1 aromatic heterocycles. The minimum absolute atomic E-state index is 0.151. The Labute approximate surface area is 259 Å². The van der Waals surface area contributed by atoms with Gasteiger partial charge < -0.3 is 14.2 Å². The summed E-state index contributed by atoms with van der Waals surface area (Å²) in [6, 6.07) is 24.0. The van der Waals surface area contributed by atoms with Gasteiger partial charge in [0.05, 0.1) is 37.5 Å². The average Bonchev–Trinajstić information content (AvgIpc) is 3.45. The van der Waals surface area contributed by atoms with Gasteiger partial charge in [0, 0.05) is 11.2 Å². The van der Waals surface area contributed by atoms with Crippen LogP contribution in [-0.4, -0.2) is 28.1 Å². The Balaban J connectivity index is 1.32. The van der Waals surface area contributed by atoms with Crippen LogP contribution in [0.15, 0.2) is 79.0 Å². The highest BCUT2D eigenvalue weighted by molar-refractivity contribution is 6.31. The molecule has 1 atom stereocenters. The van der Waals surface area contributed by atoms with Crippen molar-refractivity contribution in [1.82, 2.24) is 15.0 Å². The summed E-state index contributed by atoms with van der Waals surface area (Å²) in [7, 11) is 1.65. The predicted octanol–water partition coefficient (Wildman–Crippen LogP) is 7.87. The summed E-state index contributed by atoms with van der Waals surface area (Å²) in [6.07, 6.45) is 6.99. The normalized spacial score (nSPS) is 14.2. The second-order valence-corrected chi connectivity index (χ2v) is 12.2. The van der Waals surface area contributed by atoms with Gasteiger partial charge in [-0.05, 0) is 92.3 Å². The molecule has 0 amide bonds. The van der Waals surface area contributed by atoms with Gasteiger partial charge in [0.25, 0.3) is 0 Å². The molecule has 1 fully saturated rings. The number of hydrogen-bond acceptors (Lipinski definition) is 6. The Morgan fingerprint density at radius 3 is 2.44 bits per heavy atom. The fraction of sp³-hybridized carbons (Fsp3) is 0.400. The van der Waals surface area contributed by atoms with Crippen molar-refractivity contribution in [2.75, 3.05) is 7.11 Å². The van der Waals surface area contributed by atoms with E-state index in [1.165, 1.54) is 6.42 Å². The number of carbonyl (C=O) groups is 1. The molecule has 0 spiro atoms. The van der Waals surface area contributed by atoms with Gasteiger partial charge in [0.1, 0.15) is 12.4 Å². The lowest BCUT2D eigenvalue weighted by molar-refractivity contribution is -0.156. The van der Waals surface area contributed by atoms with Crippen molar-refractivity contribution in [2.24, 2.45) is 5.41 Å². The third kappa shape index (κ3) is 7.84. The summed E-state index contributed by atoms with van der Waals surface area (Å²) in [5.41, 5.74) is 4.01. The van der Waals surface area contributed by atoms with Gasteiger partial charge in [-0.1, -0.05) is 71.4 Å². The number of ether oxygens (including phenoxy) is 3. The van der Waals surface area contributed by atoms with Crippen LogP contribution in [0, 0.1) is 5.41 Å². The number of hydrogen-bond donors (Lipinski definition) is 0. The van der Waals surface area contributed by atoms with Crippen LogP contribution in [-0.2, 0) is 40.5 Å². The summed E-state index contributed by atoms with van der Waals surface area (Å²) in [5, 5.41) is 9.45. The zero-order valence-electron chi connectivity index (χ0n) is 25.2. The maximum atomic E-state index is 13.6. The summed E-state index contributed by atoms with van der Waals surface area (Å²) < 4.78 is 19.1. The first kappa shape index (κ1) is 30.8. The largest absolute Gasteiger partial charge is 0.497 e. The van der Waals surface area contributed by atoms with Gasteiger partial charge in [-0.25, -0.2) is 4.68 Å². The Bertz CT molecular complexity index is 1480. The lowest BCUT2D eigenvalue weighted by Crippen LogP contribution is -2.34. The molecular weight excluding hydrogens is 562 g/mol. The summed E-state index contributed by atoms with van der Waals surface area (Å²) in [5.74, 6) is 0.412. The Morgan fingerprint density at radius 1 is 1.00 bits per heavy atom. The molecule has 7 nitrogen and oxygen atoms in total. The zero-order valence-corrected chi connectivity index (χ0v) is 25.9. The van der Waals surface area contributed by atoms with Crippen molar-refractivity contribution in [3.05, 3.63) is 112 Å². The van der Waals surface area contributed by atoms with Gasteiger partial charge in [-0.3, -0.25) is 4.79 Å². The van der Waals surface area contributed by atoms with Crippen molar-refractivity contribution in [3.8, 4) is 5.75 Å². The number of carbonyl (C=O) groups excluding carboxylic acids is 1. The van der Waals surface area contributed by atoms with Crippen LogP contribution < -0.4 is 4.74 Å². The Morgan fingerprint density at radius 2 is 1.74 bits per heavy atom. The maximum absolute atomic E-state index is 13.6. The standard InChI is InChI=1S/C35H40ClN3O4/c1-35(2,34(40)43-23-25-8-5-4-6-9-25)32(18-15-29-21-39(38-37-29)30-10-7-11-30)27-14-19-33(36)28(20-27)24-42-22-26-12-16-31(41-3)17-13-26/h4-6,8-9,12-14,16-17,19-21,30,32H,7,10-11,15,18,22-24H2,1-3H3/t32-/m0/s1. The molecular formula is C35H40ClN3O4. The molecule has 5 rings (SSSR count). The van der Waals surface area contributed by atoms with Crippen LogP contribution in [0.4, 0.5) is 0 Å². The highest BCUT2D eigenvalue weighted by atomic mass is 35.5. The Kier molecular flexibility index (Phi) is 10.2. The molecule has 0 radical (unpaired) electrons. The van der Waals surface area contributed by atoms with E-state index in [1.807, 2.05) is 85.3 Å². The number of nitrogens with zero attached hydrogens (tertiary/aromatic N) is 3. The van der Waals surface area contributed by atoms with Crippen LogP contribution >= 0.6 is 11.6 Å². The first-order valence-corrected chi connectivity index (χ1v) is 15.3. The van der Waals surface area contributed by atoms with E-state index < -0.39 is 5.41 Å². The molecule has 3 aromatic carbocycles. The first-order valence-electron chi connectivity index (χ1n) is 14.9. The Hall–Kier alpha value is -3.68. The first-order chi connectivity index (χ1) is 20.8. The van der Waals surface area contributed by atoms with Crippen molar-refractivity contribution in [3.63, 3.8) is 0 Å². The number of benzene rings is 3. The number of halogens is 1. The van der Waals surface area contributed by atoms with E-state index in [1.54, 1.807) is 7.11 Å². The molecule has 0 saturated heterocycles. The topological polar surface area (TPSA) is 75.5 Å². The molecule has 0 aliphatic heterocycles. The van der Waals surface area contributed by atoms with E-state index in [0.717, 1.165) is 46.5 Å². The molecule has 8 heteroatoms. The van der Waals surface area contributed by atoms with Gasteiger partial charge in [0.2, 0.25) is 0 Å². The fourth-order valence-electron chi connectivity index (χ4n) is 5.47. The van der Waals surface area contributed by atoms with Gasteiger partial charge in [-0.15, -0.1) is 5.10 Å². The molecule has 1 aliphatic rings. The minimum atomic E-state index is -0.812. The number of aromatic nitrogens is 3. The fourth-order valence-corrected chi connectivity index (χ4v) is 5.64. The number of rotatable bonds is 14. The van der Waals surface area contributed by atoms with Crippen molar-refractivity contribution in [1.29, 1.82) is 0 Å². The molecule has 0 bridgehead atoms. The average molecular weight is 602 g/mol. The second kappa shape index (κ2) is 14.2. The third-order valence-corrected chi connectivity index (χ3v) is 8.83. The summed E-state index contributed by atoms with van der Waals surface area (Å²) >= 11 is 6.63. The lowest BCUT2D eigenvalue weighted by atomic mass is 9.72. The lowest BCUT2D eigenvalue weighted by Gasteiger charge is -2.33. The van der Waals surface area contributed by atoms with Crippen molar-refractivity contribution >= 4 is 17.6 Å². The van der Waals surface area contributed by atoms with Gasteiger partial charge >= 0.3 is 5.97 Å². The van der Waals surface area contributed by atoms with E-state index in [-0.39, 0.29) is 18.5 Å². The molecule has 1 heterocycles. The highest BCUT2D eigenvalue weighted by Gasteiger charge is 2.39. The molecule has 1 aliphatic carbocycles. The predicted molar refractivity (Wildman–Crippen MR) is 167 cm³/mol. The summed E-state index contributed by atoms with van der Waals surface area (Å²) in [6.45, 7) is 4.95.